The first-order valence-electron chi connectivity index (χ1n) is 7.20. The lowest BCUT2D eigenvalue weighted by molar-refractivity contribution is 0.190. The van der Waals surface area contributed by atoms with E-state index in [0.717, 1.165) is 44.0 Å². The van der Waals surface area contributed by atoms with Gasteiger partial charge in [-0.15, -0.1) is 0 Å². The minimum absolute atomic E-state index is 0.768. The highest BCUT2D eigenvalue weighted by molar-refractivity contribution is 5.58. The highest BCUT2D eigenvalue weighted by Crippen LogP contribution is 2.21. The molecule has 0 bridgehead atoms. The van der Waals surface area contributed by atoms with E-state index in [-0.39, 0.29) is 0 Å². The fourth-order valence-corrected chi connectivity index (χ4v) is 2.24. The molecule has 1 N–H and O–H groups in total. The van der Waals surface area contributed by atoms with E-state index in [4.69, 9.17) is 4.74 Å². The molecule has 0 radical (unpaired) electrons. The number of aryl methyl sites for hydroxylation is 2. The summed E-state index contributed by atoms with van der Waals surface area (Å²) in [6.07, 6.45) is 7.03. The number of imidazole rings is 1. The van der Waals surface area contributed by atoms with Crippen LogP contribution in [0.3, 0.4) is 0 Å². The van der Waals surface area contributed by atoms with E-state index in [2.05, 4.69) is 46.1 Å². The largest absolute Gasteiger partial charge is 0.385 e. The van der Waals surface area contributed by atoms with E-state index >= 15 is 0 Å². The molecule has 4 heteroatoms. The van der Waals surface area contributed by atoms with Crippen molar-refractivity contribution >= 4 is 11.6 Å². The first kappa shape index (κ1) is 14.6. The van der Waals surface area contributed by atoms with Gasteiger partial charge in [-0.25, -0.2) is 4.98 Å². The molecular weight excluding hydrogens is 250 g/mol. The molecule has 0 unspecified atom stereocenters. The predicted molar refractivity (Wildman–Crippen MR) is 82.4 cm³/mol. The van der Waals surface area contributed by atoms with Crippen molar-refractivity contribution in [2.75, 3.05) is 19.0 Å². The van der Waals surface area contributed by atoms with E-state index < -0.39 is 0 Å². The second-order valence-corrected chi connectivity index (χ2v) is 4.82. The Morgan fingerprint density at radius 3 is 2.95 bits per heavy atom. The van der Waals surface area contributed by atoms with Crippen molar-refractivity contribution in [1.82, 2.24) is 9.55 Å². The molecule has 0 saturated carbocycles. The third kappa shape index (κ3) is 3.84. The summed E-state index contributed by atoms with van der Waals surface area (Å²) < 4.78 is 7.22. The molecule has 20 heavy (non-hydrogen) atoms. The number of hydrogen-bond acceptors (Lipinski definition) is 3. The van der Waals surface area contributed by atoms with Crippen LogP contribution in [-0.4, -0.2) is 23.3 Å². The summed E-state index contributed by atoms with van der Waals surface area (Å²) in [6, 6.07) is 8.42. The van der Waals surface area contributed by atoms with Crippen LogP contribution in [0.25, 0.3) is 0 Å². The van der Waals surface area contributed by atoms with Crippen LogP contribution in [0.4, 0.5) is 11.6 Å². The van der Waals surface area contributed by atoms with Crippen molar-refractivity contribution in [2.45, 2.75) is 32.7 Å². The van der Waals surface area contributed by atoms with Crippen LogP contribution in [0.2, 0.25) is 0 Å². The SMILES string of the molecule is CCCc1ccccc1Nc1nccn1CCCOC. The summed E-state index contributed by atoms with van der Waals surface area (Å²) in [5.74, 6) is 0.893. The second kappa shape index (κ2) is 7.70. The molecule has 0 spiro atoms. The number of benzene rings is 1. The number of para-hydroxylation sites is 1. The Morgan fingerprint density at radius 2 is 2.15 bits per heavy atom. The van der Waals surface area contributed by atoms with Gasteiger partial charge in [0.2, 0.25) is 5.95 Å². The van der Waals surface area contributed by atoms with E-state index in [1.165, 1.54) is 5.56 Å². The molecule has 1 aromatic heterocycles. The molecule has 1 aromatic carbocycles. The van der Waals surface area contributed by atoms with Gasteiger partial charge in [0.15, 0.2) is 0 Å². The van der Waals surface area contributed by atoms with Crippen LogP contribution in [-0.2, 0) is 17.7 Å². The molecule has 0 atom stereocenters. The summed E-state index contributed by atoms with van der Waals surface area (Å²) in [5, 5.41) is 3.44. The third-order valence-corrected chi connectivity index (χ3v) is 3.25. The normalized spacial score (nSPS) is 10.7. The molecule has 0 saturated heterocycles. The molecule has 2 rings (SSSR count). The van der Waals surface area contributed by atoms with Crippen molar-refractivity contribution in [3.05, 3.63) is 42.2 Å². The first-order chi connectivity index (χ1) is 9.85. The van der Waals surface area contributed by atoms with Gasteiger partial charge in [0.1, 0.15) is 0 Å². The number of aromatic nitrogens is 2. The number of ether oxygens (including phenoxy) is 1. The van der Waals surface area contributed by atoms with Crippen LogP contribution in [0.15, 0.2) is 36.7 Å². The lowest BCUT2D eigenvalue weighted by atomic mass is 10.1. The topological polar surface area (TPSA) is 39.1 Å². The standard InChI is InChI=1S/C16H23N3O/c1-3-7-14-8-4-5-9-15(14)18-16-17-10-12-19(16)11-6-13-20-2/h4-5,8-10,12H,3,6-7,11,13H2,1-2H3,(H,17,18). The van der Waals surface area contributed by atoms with Crippen LogP contribution in [0.5, 0.6) is 0 Å². The molecule has 4 nitrogen and oxygen atoms in total. The molecule has 0 aliphatic rings. The summed E-state index contributed by atoms with van der Waals surface area (Å²) >= 11 is 0. The number of rotatable bonds is 8. The third-order valence-electron chi connectivity index (χ3n) is 3.25. The van der Waals surface area contributed by atoms with Gasteiger partial charge in [0, 0.05) is 38.3 Å². The Balaban J connectivity index is 2.08. The number of nitrogens with zero attached hydrogens (tertiary/aromatic N) is 2. The molecular formula is C16H23N3O. The van der Waals surface area contributed by atoms with Gasteiger partial charge in [0.25, 0.3) is 0 Å². The van der Waals surface area contributed by atoms with Gasteiger partial charge in [0.05, 0.1) is 0 Å². The van der Waals surface area contributed by atoms with Crippen molar-refractivity contribution in [3.63, 3.8) is 0 Å². The quantitative estimate of drug-likeness (QED) is 0.747. The number of methoxy groups -OCH3 is 1. The monoisotopic (exact) mass is 273 g/mol. The maximum atomic E-state index is 5.10. The zero-order valence-electron chi connectivity index (χ0n) is 12.3. The Hall–Kier alpha value is -1.81. The summed E-state index contributed by atoms with van der Waals surface area (Å²) in [7, 11) is 1.73. The van der Waals surface area contributed by atoms with Crippen molar-refractivity contribution in [2.24, 2.45) is 0 Å². The minimum atomic E-state index is 0.768. The Bertz CT molecular complexity index is 522. The highest BCUT2D eigenvalue weighted by Gasteiger charge is 2.06. The molecule has 2 aromatic rings. The van der Waals surface area contributed by atoms with Gasteiger partial charge >= 0.3 is 0 Å². The van der Waals surface area contributed by atoms with Crippen molar-refractivity contribution in [1.29, 1.82) is 0 Å². The zero-order chi connectivity index (χ0) is 14.2. The van der Waals surface area contributed by atoms with Crippen molar-refractivity contribution < 1.29 is 4.74 Å². The van der Waals surface area contributed by atoms with Crippen LogP contribution < -0.4 is 5.32 Å². The van der Waals surface area contributed by atoms with Crippen LogP contribution in [0.1, 0.15) is 25.3 Å². The van der Waals surface area contributed by atoms with E-state index in [1.54, 1.807) is 7.11 Å². The van der Waals surface area contributed by atoms with Gasteiger partial charge in [-0.2, -0.15) is 0 Å². The summed E-state index contributed by atoms with van der Waals surface area (Å²) in [4.78, 5) is 4.40. The van der Waals surface area contributed by atoms with E-state index in [0.29, 0.717) is 0 Å². The fraction of sp³-hybridized carbons (Fsp3) is 0.438. The Labute approximate surface area is 120 Å². The Morgan fingerprint density at radius 1 is 1.30 bits per heavy atom. The fourth-order valence-electron chi connectivity index (χ4n) is 2.24. The average Bonchev–Trinajstić information content (AvgIpc) is 2.89. The number of anilines is 2. The van der Waals surface area contributed by atoms with E-state index in [1.807, 2.05) is 12.4 Å². The predicted octanol–water partition coefficient (Wildman–Crippen LogP) is 3.62. The smallest absolute Gasteiger partial charge is 0.207 e. The van der Waals surface area contributed by atoms with Gasteiger partial charge in [-0.05, 0) is 24.5 Å². The van der Waals surface area contributed by atoms with Gasteiger partial charge in [-0.1, -0.05) is 31.5 Å². The molecule has 0 amide bonds. The minimum Gasteiger partial charge on any atom is -0.385 e. The molecule has 108 valence electrons. The number of nitrogens with one attached hydrogen (secondary N) is 1. The molecule has 0 fully saturated rings. The van der Waals surface area contributed by atoms with Gasteiger partial charge in [-0.3, -0.25) is 0 Å². The summed E-state index contributed by atoms with van der Waals surface area (Å²) in [5.41, 5.74) is 2.48. The number of hydrogen-bond donors (Lipinski definition) is 1. The zero-order valence-corrected chi connectivity index (χ0v) is 12.3. The average molecular weight is 273 g/mol. The van der Waals surface area contributed by atoms with Crippen LogP contribution in [0, 0.1) is 0 Å². The van der Waals surface area contributed by atoms with E-state index in [9.17, 15) is 0 Å². The first-order valence-corrected chi connectivity index (χ1v) is 7.20. The molecule has 0 aliphatic carbocycles. The maximum absolute atomic E-state index is 5.10. The van der Waals surface area contributed by atoms with Crippen molar-refractivity contribution in [3.8, 4) is 0 Å². The lowest BCUT2D eigenvalue weighted by Crippen LogP contribution is -2.06. The molecule has 0 aliphatic heterocycles. The Kier molecular flexibility index (Phi) is 5.62. The molecule has 1 heterocycles. The maximum Gasteiger partial charge on any atom is 0.207 e. The highest BCUT2D eigenvalue weighted by atomic mass is 16.5. The summed E-state index contributed by atoms with van der Waals surface area (Å²) in [6.45, 7) is 3.87. The second-order valence-electron chi connectivity index (χ2n) is 4.82. The van der Waals surface area contributed by atoms with Crippen LogP contribution >= 0.6 is 0 Å². The van der Waals surface area contributed by atoms with Gasteiger partial charge < -0.3 is 14.6 Å². The lowest BCUT2D eigenvalue weighted by Gasteiger charge is -2.13.